The van der Waals surface area contributed by atoms with Gasteiger partial charge in [-0.3, -0.25) is 4.79 Å². The van der Waals surface area contributed by atoms with E-state index in [1.54, 1.807) is 11.3 Å². The number of hydrogen-bond donors (Lipinski definition) is 0. The Morgan fingerprint density at radius 2 is 1.86 bits per heavy atom. The van der Waals surface area contributed by atoms with E-state index in [0.29, 0.717) is 0 Å². The van der Waals surface area contributed by atoms with E-state index in [2.05, 4.69) is 15.9 Å². The molecule has 0 saturated heterocycles. The van der Waals surface area contributed by atoms with E-state index in [4.69, 9.17) is 0 Å². The van der Waals surface area contributed by atoms with Crippen LogP contribution < -0.4 is 0 Å². The third kappa shape index (κ3) is 1.94. The normalized spacial score (nSPS) is 16.9. The van der Waals surface area contributed by atoms with E-state index in [1.807, 2.05) is 0 Å². The number of aryl methyl sites for hydroxylation is 1. The van der Waals surface area contributed by atoms with Crippen molar-refractivity contribution in [1.29, 1.82) is 0 Å². The quantitative estimate of drug-likeness (QED) is 0.707. The molecule has 0 aromatic carbocycles. The lowest BCUT2D eigenvalue weighted by Crippen LogP contribution is -1.95. The summed E-state index contributed by atoms with van der Waals surface area (Å²) in [4.78, 5) is 13.1. The van der Waals surface area contributed by atoms with Gasteiger partial charge in [-0.15, -0.1) is 11.3 Å². The molecule has 0 radical (unpaired) electrons. The Morgan fingerprint density at radius 1 is 1.14 bits per heavy atom. The van der Waals surface area contributed by atoms with Crippen molar-refractivity contribution >= 4 is 33.6 Å². The van der Waals surface area contributed by atoms with Crippen LogP contribution in [0.2, 0.25) is 0 Å². The molecule has 0 aliphatic heterocycles. The van der Waals surface area contributed by atoms with E-state index >= 15 is 0 Å². The molecule has 0 amide bonds. The minimum absolute atomic E-state index is 0.872. The fourth-order valence-corrected chi connectivity index (χ4v) is 3.98. The number of thiophene rings is 1. The van der Waals surface area contributed by atoms with Crippen molar-refractivity contribution in [2.24, 2.45) is 0 Å². The van der Waals surface area contributed by atoms with Crippen molar-refractivity contribution < 1.29 is 4.79 Å². The number of hydrogen-bond acceptors (Lipinski definition) is 2. The predicted molar refractivity (Wildman–Crippen MR) is 63.3 cm³/mol. The van der Waals surface area contributed by atoms with Gasteiger partial charge in [-0.05, 0) is 47.2 Å². The van der Waals surface area contributed by atoms with Crippen molar-refractivity contribution in [3.05, 3.63) is 19.8 Å². The molecule has 1 aromatic rings. The average Bonchev–Trinajstić information content (AvgIpc) is 2.42. The molecule has 1 heterocycles. The largest absolute Gasteiger partial charge is 0.297 e. The summed E-state index contributed by atoms with van der Waals surface area (Å²) in [6.07, 6.45) is 8.48. The molecule has 14 heavy (non-hydrogen) atoms. The lowest BCUT2D eigenvalue weighted by Gasteiger charge is -2.09. The molecule has 1 nitrogen and oxygen atoms in total. The smallest absolute Gasteiger partial charge is 0.161 e. The maximum absolute atomic E-state index is 10.8. The zero-order valence-electron chi connectivity index (χ0n) is 8.01. The van der Waals surface area contributed by atoms with Gasteiger partial charge in [-0.1, -0.05) is 12.8 Å². The van der Waals surface area contributed by atoms with Crippen LogP contribution >= 0.6 is 27.3 Å². The molecular weight excluding hydrogens is 260 g/mol. The molecule has 76 valence electrons. The minimum atomic E-state index is 0.872. The molecule has 0 unspecified atom stereocenters. The summed E-state index contributed by atoms with van der Waals surface area (Å²) in [5, 5.41) is 0. The number of carbonyl (C=O) groups excluding carboxylic acids is 1. The van der Waals surface area contributed by atoms with Gasteiger partial charge >= 0.3 is 0 Å². The van der Waals surface area contributed by atoms with Crippen molar-refractivity contribution in [3.63, 3.8) is 0 Å². The number of aldehydes is 1. The Kier molecular flexibility index (Phi) is 3.39. The monoisotopic (exact) mass is 272 g/mol. The van der Waals surface area contributed by atoms with Crippen LogP contribution in [0.4, 0.5) is 0 Å². The number of rotatable bonds is 1. The molecule has 1 aliphatic rings. The summed E-state index contributed by atoms with van der Waals surface area (Å²) in [7, 11) is 0. The number of carbonyl (C=O) groups is 1. The van der Waals surface area contributed by atoms with Gasteiger partial charge in [-0.25, -0.2) is 0 Å². The Labute approximate surface area is 96.6 Å². The number of fused-ring (bicyclic) bond motifs is 1. The fraction of sp³-hybridized carbons (Fsp3) is 0.545. The first-order chi connectivity index (χ1) is 6.83. The summed E-state index contributed by atoms with van der Waals surface area (Å²) in [5.41, 5.74) is 1.40. The van der Waals surface area contributed by atoms with Crippen molar-refractivity contribution in [2.45, 2.75) is 38.5 Å². The van der Waals surface area contributed by atoms with Crippen LogP contribution in [0.15, 0.2) is 4.47 Å². The summed E-state index contributed by atoms with van der Waals surface area (Å²) in [6, 6.07) is 0. The van der Waals surface area contributed by atoms with E-state index in [-0.39, 0.29) is 0 Å². The molecule has 0 bridgehead atoms. The van der Waals surface area contributed by atoms with Gasteiger partial charge in [-0.2, -0.15) is 0 Å². The first-order valence-electron chi connectivity index (χ1n) is 5.08. The Balaban J connectivity index is 2.37. The lowest BCUT2D eigenvalue weighted by atomic mass is 10.00. The summed E-state index contributed by atoms with van der Waals surface area (Å²) in [5.74, 6) is 0. The second-order valence-electron chi connectivity index (χ2n) is 3.71. The van der Waals surface area contributed by atoms with Crippen molar-refractivity contribution in [3.8, 4) is 0 Å². The average molecular weight is 273 g/mol. The van der Waals surface area contributed by atoms with Gasteiger partial charge in [0, 0.05) is 9.35 Å². The highest BCUT2D eigenvalue weighted by Crippen LogP contribution is 2.35. The van der Waals surface area contributed by atoms with Crippen molar-refractivity contribution in [1.82, 2.24) is 0 Å². The molecule has 1 aliphatic carbocycles. The van der Waals surface area contributed by atoms with E-state index in [0.717, 1.165) is 28.5 Å². The maximum atomic E-state index is 10.8. The van der Waals surface area contributed by atoms with Crippen LogP contribution in [0.5, 0.6) is 0 Å². The Hall–Kier alpha value is -0.150. The predicted octanol–water partition coefficient (Wildman–Crippen LogP) is 3.98. The van der Waals surface area contributed by atoms with Crippen LogP contribution in [0, 0.1) is 0 Å². The summed E-state index contributed by atoms with van der Waals surface area (Å²) < 4.78 is 1.06. The maximum Gasteiger partial charge on any atom is 0.161 e. The van der Waals surface area contributed by atoms with Crippen LogP contribution in [-0.2, 0) is 12.8 Å². The lowest BCUT2D eigenvalue weighted by molar-refractivity contribution is 0.112. The Morgan fingerprint density at radius 3 is 2.57 bits per heavy atom. The molecule has 0 atom stereocenters. The van der Waals surface area contributed by atoms with Crippen molar-refractivity contribution in [2.75, 3.05) is 0 Å². The van der Waals surface area contributed by atoms with E-state index in [9.17, 15) is 4.79 Å². The van der Waals surface area contributed by atoms with E-state index in [1.165, 1.54) is 36.1 Å². The van der Waals surface area contributed by atoms with Crippen LogP contribution in [0.3, 0.4) is 0 Å². The zero-order valence-corrected chi connectivity index (χ0v) is 10.4. The van der Waals surface area contributed by atoms with Crippen LogP contribution in [0.25, 0.3) is 0 Å². The second kappa shape index (κ2) is 4.58. The zero-order chi connectivity index (χ0) is 9.97. The molecule has 2 rings (SSSR count). The van der Waals surface area contributed by atoms with E-state index < -0.39 is 0 Å². The standard InChI is InChI=1S/C11H13BrOS/c12-11-8-5-3-1-2-4-6-9(8)14-10(11)7-13/h7H,1-6H2. The SMILES string of the molecule is O=Cc1sc2c(c1Br)CCCCCC2. The summed E-state index contributed by atoms with van der Waals surface area (Å²) in [6.45, 7) is 0. The summed E-state index contributed by atoms with van der Waals surface area (Å²) >= 11 is 5.21. The molecule has 0 saturated carbocycles. The molecule has 0 fully saturated rings. The second-order valence-corrected chi connectivity index (χ2v) is 5.64. The van der Waals surface area contributed by atoms with Gasteiger partial charge in [0.1, 0.15) is 0 Å². The molecular formula is C11H13BrOS. The van der Waals surface area contributed by atoms with Crippen LogP contribution in [0.1, 0.15) is 45.8 Å². The molecule has 3 heteroatoms. The first kappa shape index (κ1) is 10.4. The highest BCUT2D eigenvalue weighted by Gasteiger charge is 2.16. The first-order valence-corrected chi connectivity index (χ1v) is 6.69. The highest BCUT2D eigenvalue weighted by atomic mass is 79.9. The fourth-order valence-electron chi connectivity index (χ4n) is 1.98. The third-order valence-corrected chi connectivity index (χ3v) is 5.12. The number of halogens is 1. The topological polar surface area (TPSA) is 17.1 Å². The van der Waals surface area contributed by atoms with Gasteiger partial charge in [0.05, 0.1) is 4.88 Å². The van der Waals surface area contributed by atoms with Gasteiger partial charge in [0.15, 0.2) is 6.29 Å². The molecule has 0 N–H and O–H groups in total. The Bertz CT molecular complexity index is 343. The minimum Gasteiger partial charge on any atom is -0.297 e. The third-order valence-electron chi connectivity index (χ3n) is 2.74. The van der Waals surface area contributed by atoms with Gasteiger partial charge in [0.2, 0.25) is 0 Å². The van der Waals surface area contributed by atoms with Gasteiger partial charge in [0.25, 0.3) is 0 Å². The van der Waals surface area contributed by atoms with Crippen LogP contribution in [-0.4, -0.2) is 6.29 Å². The van der Waals surface area contributed by atoms with Gasteiger partial charge < -0.3 is 0 Å². The highest BCUT2D eigenvalue weighted by molar-refractivity contribution is 9.10. The molecule has 0 spiro atoms. The molecule has 1 aromatic heterocycles.